The van der Waals surface area contributed by atoms with Crippen molar-refractivity contribution in [1.82, 2.24) is 0 Å². The van der Waals surface area contributed by atoms with Gasteiger partial charge in [0.1, 0.15) is 4.49 Å². The average molecular weight is 215 g/mol. The summed E-state index contributed by atoms with van der Waals surface area (Å²) >= 11 is 16.9. The van der Waals surface area contributed by atoms with Crippen LogP contribution in [0.15, 0.2) is 9.52 Å². The molecule has 0 aliphatic heterocycles. The van der Waals surface area contributed by atoms with Gasteiger partial charge < -0.3 is 0 Å². The highest BCUT2D eigenvalue weighted by atomic mass is 35.5. The highest BCUT2D eigenvalue weighted by Gasteiger charge is 2.12. The van der Waals surface area contributed by atoms with E-state index in [-0.39, 0.29) is 4.49 Å². The molecule has 0 aliphatic rings. The van der Waals surface area contributed by atoms with Gasteiger partial charge >= 0.3 is 0 Å². The summed E-state index contributed by atoms with van der Waals surface area (Å²) < 4.78 is 0.178. The van der Waals surface area contributed by atoms with Crippen molar-refractivity contribution in [3.05, 3.63) is 15.4 Å². The second kappa shape index (κ2) is 6.16. The SMILES string of the molecule is CCC[C](CC)C(Cl)=C(Cl)Cl. The lowest BCUT2D eigenvalue weighted by Crippen LogP contribution is -1.95. The zero-order valence-corrected chi connectivity index (χ0v) is 9.02. The first-order valence-corrected chi connectivity index (χ1v) is 4.82. The van der Waals surface area contributed by atoms with Crippen LogP contribution in [0.3, 0.4) is 0 Å². The maximum absolute atomic E-state index is 5.84. The summed E-state index contributed by atoms with van der Waals surface area (Å²) in [4.78, 5) is 0. The standard InChI is InChI=1S/C8H12Cl3/c1-3-5-6(4-2)7(9)8(10)11/h3-5H2,1-2H3. The molecule has 0 fully saturated rings. The zero-order chi connectivity index (χ0) is 8.85. The van der Waals surface area contributed by atoms with E-state index in [1.54, 1.807) is 0 Å². The third-order valence-electron chi connectivity index (χ3n) is 1.45. The lowest BCUT2D eigenvalue weighted by Gasteiger charge is -2.11. The molecule has 0 saturated carbocycles. The molecule has 0 aromatic heterocycles. The smallest absolute Gasteiger partial charge is 0.0859 e. The Morgan fingerprint density at radius 1 is 1.09 bits per heavy atom. The van der Waals surface area contributed by atoms with Gasteiger partial charge in [-0.2, -0.15) is 0 Å². The highest BCUT2D eigenvalue weighted by molar-refractivity contribution is 6.59. The summed E-state index contributed by atoms with van der Waals surface area (Å²) in [5.74, 6) is 1.13. The van der Waals surface area contributed by atoms with E-state index in [0.717, 1.165) is 25.2 Å². The van der Waals surface area contributed by atoms with Crippen LogP contribution in [0.1, 0.15) is 33.1 Å². The van der Waals surface area contributed by atoms with Gasteiger partial charge in [-0.25, -0.2) is 0 Å². The Bertz CT molecular complexity index is 136. The summed E-state index contributed by atoms with van der Waals surface area (Å²) in [7, 11) is 0. The Morgan fingerprint density at radius 3 is 1.91 bits per heavy atom. The first-order chi connectivity index (χ1) is 5.13. The fourth-order valence-electron chi connectivity index (χ4n) is 0.877. The first kappa shape index (κ1) is 11.6. The van der Waals surface area contributed by atoms with Gasteiger partial charge in [-0.1, -0.05) is 55.1 Å². The van der Waals surface area contributed by atoms with Gasteiger partial charge in [-0.15, -0.1) is 0 Å². The normalized spacial score (nSPS) is 10.4. The van der Waals surface area contributed by atoms with E-state index in [2.05, 4.69) is 6.92 Å². The Kier molecular flexibility index (Phi) is 6.50. The molecule has 0 aliphatic carbocycles. The largest absolute Gasteiger partial charge is 0.121 e. The minimum absolute atomic E-state index is 0.178. The van der Waals surface area contributed by atoms with E-state index in [4.69, 9.17) is 34.8 Å². The van der Waals surface area contributed by atoms with E-state index in [0.29, 0.717) is 5.03 Å². The van der Waals surface area contributed by atoms with Gasteiger partial charge in [0.15, 0.2) is 0 Å². The van der Waals surface area contributed by atoms with Crippen LogP contribution >= 0.6 is 34.8 Å². The second-order valence-corrected chi connectivity index (χ2v) is 3.61. The Balaban J connectivity index is 4.14. The van der Waals surface area contributed by atoms with E-state index in [1.807, 2.05) is 6.92 Å². The predicted molar refractivity (Wildman–Crippen MR) is 53.0 cm³/mol. The maximum Gasteiger partial charge on any atom is 0.121 e. The molecule has 0 aromatic carbocycles. The van der Waals surface area contributed by atoms with Crippen molar-refractivity contribution < 1.29 is 0 Å². The summed E-state index contributed by atoms with van der Waals surface area (Å²) in [6.07, 6.45) is 2.95. The van der Waals surface area contributed by atoms with Crippen LogP contribution < -0.4 is 0 Å². The number of allylic oxidation sites excluding steroid dienone is 1. The molecule has 1 radical (unpaired) electrons. The second-order valence-electron chi connectivity index (χ2n) is 2.28. The molecule has 0 spiro atoms. The monoisotopic (exact) mass is 213 g/mol. The van der Waals surface area contributed by atoms with Crippen molar-refractivity contribution in [2.75, 3.05) is 0 Å². The Morgan fingerprint density at radius 2 is 1.64 bits per heavy atom. The minimum Gasteiger partial charge on any atom is -0.0859 e. The quantitative estimate of drug-likeness (QED) is 0.639. The van der Waals surface area contributed by atoms with Crippen molar-refractivity contribution in [3.8, 4) is 0 Å². The summed E-state index contributed by atoms with van der Waals surface area (Å²) in [5.41, 5.74) is 0. The predicted octanol–water partition coefficient (Wildman–Crippen LogP) is 4.66. The van der Waals surface area contributed by atoms with Gasteiger partial charge in [0.25, 0.3) is 0 Å². The Hall–Kier alpha value is 0.610. The van der Waals surface area contributed by atoms with Crippen molar-refractivity contribution in [1.29, 1.82) is 0 Å². The molecule has 0 aromatic rings. The molecule has 0 bridgehead atoms. The molecule has 11 heavy (non-hydrogen) atoms. The summed E-state index contributed by atoms with van der Waals surface area (Å²) in [6, 6.07) is 0. The molecule has 0 atom stereocenters. The molecule has 0 amide bonds. The third kappa shape index (κ3) is 4.25. The van der Waals surface area contributed by atoms with Crippen LogP contribution in [-0.2, 0) is 0 Å². The van der Waals surface area contributed by atoms with E-state index in [1.165, 1.54) is 0 Å². The molecular weight excluding hydrogens is 202 g/mol. The van der Waals surface area contributed by atoms with Crippen molar-refractivity contribution >= 4 is 34.8 Å². The topological polar surface area (TPSA) is 0 Å². The van der Waals surface area contributed by atoms with Gasteiger partial charge in [0, 0.05) is 5.92 Å². The molecule has 65 valence electrons. The zero-order valence-electron chi connectivity index (χ0n) is 6.76. The number of halogens is 3. The van der Waals surface area contributed by atoms with Crippen molar-refractivity contribution in [2.24, 2.45) is 0 Å². The van der Waals surface area contributed by atoms with Gasteiger partial charge in [-0.3, -0.25) is 0 Å². The van der Waals surface area contributed by atoms with Crippen LogP contribution in [0.4, 0.5) is 0 Å². The first-order valence-electron chi connectivity index (χ1n) is 3.69. The van der Waals surface area contributed by atoms with E-state index in [9.17, 15) is 0 Å². The summed E-state index contributed by atoms with van der Waals surface area (Å²) in [6.45, 7) is 4.14. The molecule has 0 unspecified atom stereocenters. The fourth-order valence-corrected chi connectivity index (χ4v) is 1.37. The van der Waals surface area contributed by atoms with Gasteiger partial charge in [-0.05, 0) is 12.8 Å². The maximum atomic E-state index is 5.84. The van der Waals surface area contributed by atoms with Crippen LogP contribution in [0.5, 0.6) is 0 Å². The molecule has 0 saturated heterocycles. The van der Waals surface area contributed by atoms with Crippen LogP contribution in [0.25, 0.3) is 0 Å². The molecule has 0 nitrogen and oxygen atoms in total. The lowest BCUT2D eigenvalue weighted by molar-refractivity contribution is 0.776. The fraction of sp³-hybridized carbons (Fsp3) is 0.625. The number of hydrogen-bond acceptors (Lipinski definition) is 0. The number of hydrogen-bond donors (Lipinski definition) is 0. The van der Waals surface area contributed by atoms with Crippen molar-refractivity contribution in [2.45, 2.75) is 33.1 Å². The molecule has 0 heterocycles. The third-order valence-corrected chi connectivity index (χ3v) is 2.48. The van der Waals surface area contributed by atoms with E-state index < -0.39 is 0 Å². The highest BCUT2D eigenvalue weighted by Crippen LogP contribution is 2.32. The van der Waals surface area contributed by atoms with E-state index >= 15 is 0 Å². The molecule has 3 heteroatoms. The Labute approximate surface area is 83.5 Å². The van der Waals surface area contributed by atoms with Gasteiger partial charge in [0.05, 0.1) is 5.03 Å². The van der Waals surface area contributed by atoms with Crippen molar-refractivity contribution in [3.63, 3.8) is 0 Å². The molecule has 0 rings (SSSR count). The minimum atomic E-state index is 0.178. The molecular formula is C8H12Cl3. The summed E-state index contributed by atoms with van der Waals surface area (Å²) in [5, 5.41) is 0.526. The lowest BCUT2D eigenvalue weighted by atomic mass is 10.0. The average Bonchev–Trinajstić information content (AvgIpc) is 1.98. The van der Waals surface area contributed by atoms with Crippen LogP contribution in [-0.4, -0.2) is 0 Å². The number of rotatable bonds is 4. The molecule has 0 N–H and O–H groups in total. The van der Waals surface area contributed by atoms with Gasteiger partial charge in [0.2, 0.25) is 0 Å². The van der Waals surface area contributed by atoms with Crippen LogP contribution in [0.2, 0.25) is 0 Å². The van der Waals surface area contributed by atoms with Crippen LogP contribution in [0, 0.1) is 5.92 Å².